The van der Waals surface area contributed by atoms with E-state index >= 15 is 0 Å². The predicted octanol–water partition coefficient (Wildman–Crippen LogP) is 11.8. The maximum atomic E-state index is 7.16. The van der Waals surface area contributed by atoms with E-state index in [1.165, 1.54) is 0 Å². The second-order valence-electron chi connectivity index (χ2n) is 16.0. The molecule has 0 saturated heterocycles. The Labute approximate surface area is 380 Å². The molecule has 2 aliphatic heterocycles. The summed E-state index contributed by atoms with van der Waals surface area (Å²) < 4.78 is 14.3. The van der Waals surface area contributed by atoms with Gasteiger partial charge in [0.05, 0.1) is 11.4 Å². The minimum absolute atomic E-state index is 0.689. The number of benzene rings is 9. The van der Waals surface area contributed by atoms with Gasteiger partial charge in [0, 0.05) is 50.2 Å². The van der Waals surface area contributed by atoms with Gasteiger partial charge in [-0.05, 0) is 124 Å². The Bertz CT molecular complexity index is 2880. The number of thiol groups is 2. The summed E-state index contributed by atoms with van der Waals surface area (Å²) in [5.41, 5.74) is 16.0. The van der Waals surface area contributed by atoms with Crippen molar-refractivity contribution >= 4 is 95.8 Å². The van der Waals surface area contributed by atoms with Crippen LogP contribution in [0.25, 0.3) is 22.3 Å². The zero-order valence-corrected chi connectivity index (χ0v) is 36.4. The highest BCUT2D eigenvalue weighted by Gasteiger charge is 2.33. The number of hydrogen-bond donors (Lipinski definition) is 2. The van der Waals surface area contributed by atoms with E-state index in [4.69, 9.17) is 34.7 Å². The van der Waals surface area contributed by atoms with Gasteiger partial charge in [0.15, 0.2) is 0 Å². The van der Waals surface area contributed by atoms with Crippen LogP contribution in [-0.2, 0) is 0 Å². The minimum atomic E-state index is 0.689. The molecular formula is C55H40B2N2O2S2. The summed E-state index contributed by atoms with van der Waals surface area (Å²) >= 11 is 9.99. The van der Waals surface area contributed by atoms with E-state index in [1.54, 1.807) is 0 Å². The zero-order chi connectivity index (χ0) is 42.4. The molecule has 300 valence electrons. The lowest BCUT2D eigenvalue weighted by Gasteiger charge is -2.32. The molecule has 0 amide bonds. The molecule has 0 aliphatic carbocycles. The van der Waals surface area contributed by atoms with Crippen LogP contribution in [0.2, 0.25) is 0 Å². The lowest BCUT2D eigenvalue weighted by Crippen LogP contribution is -2.42. The van der Waals surface area contributed by atoms with Crippen LogP contribution < -0.4 is 41.1 Å². The summed E-state index contributed by atoms with van der Waals surface area (Å²) in [6.07, 6.45) is 0. The molecule has 0 fully saturated rings. The van der Waals surface area contributed by atoms with Crippen molar-refractivity contribution in [1.29, 1.82) is 0 Å². The normalized spacial score (nSPS) is 11.9. The average Bonchev–Trinajstić information content (AvgIpc) is 3.32. The predicted molar refractivity (Wildman–Crippen MR) is 272 cm³/mol. The van der Waals surface area contributed by atoms with E-state index in [0.717, 1.165) is 117 Å². The number of rotatable bonds is 8. The summed E-state index contributed by atoms with van der Waals surface area (Å²) in [5, 5.41) is 0. The summed E-state index contributed by atoms with van der Waals surface area (Å²) in [5.74, 6) is 3.31. The Kier molecular flexibility index (Phi) is 10.1. The zero-order valence-electron chi connectivity index (χ0n) is 34.6. The van der Waals surface area contributed by atoms with Gasteiger partial charge < -0.3 is 19.3 Å². The summed E-state index contributed by atoms with van der Waals surface area (Å²) in [7, 11) is 1.38. The van der Waals surface area contributed by atoms with Gasteiger partial charge in [-0.2, -0.15) is 0 Å². The van der Waals surface area contributed by atoms with Crippen molar-refractivity contribution in [2.24, 2.45) is 0 Å². The molecule has 9 aromatic carbocycles. The van der Waals surface area contributed by atoms with Gasteiger partial charge in [-0.25, -0.2) is 0 Å². The highest BCUT2D eigenvalue weighted by atomic mass is 32.1. The highest BCUT2D eigenvalue weighted by molar-refractivity contribution is 7.80. The van der Waals surface area contributed by atoms with Crippen molar-refractivity contribution in [3.05, 3.63) is 206 Å². The van der Waals surface area contributed by atoms with Gasteiger partial charge in [0.1, 0.15) is 23.0 Å². The van der Waals surface area contributed by atoms with E-state index in [0.29, 0.717) is 14.6 Å². The minimum Gasteiger partial charge on any atom is -0.458 e. The molecule has 0 spiro atoms. The SMILES string of the molecule is Cc1c2c(cc3c1Oc1cc(N(c4ccccc4)c4ccccc4)cc(-c4ccccc4S)c1B3)Bc1c(cc(N(c3ccccc3)c3ccccc3)cc1-c1ccccc1S)O2. The fraction of sp³-hybridized carbons (Fsp3) is 0.0182. The number of fused-ring (bicyclic) bond motifs is 4. The number of nitrogens with zero attached hydrogens (tertiary/aromatic N) is 2. The van der Waals surface area contributed by atoms with Crippen LogP contribution in [0.4, 0.5) is 34.1 Å². The fourth-order valence-corrected chi connectivity index (χ4v) is 9.79. The average molecular weight is 847 g/mol. The number of hydrogen-bond acceptors (Lipinski definition) is 6. The van der Waals surface area contributed by atoms with Gasteiger partial charge in [-0.15, -0.1) is 25.3 Å². The van der Waals surface area contributed by atoms with Crippen molar-refractivity contribution in [3.8, 4) is 45.3 Å². The smallest absolute Gasteiger partial charge is 0.202 e. The van der Waals surface area contributed by atoms with E-state index in [1.807, 2.05) is 12.1 Å². The molecule has 0 N–H and O–H groups in total. The number of anilines is 6. The Hall–Kier alpha value is -6.99. The second-order valence-corrected chi connectivity index (χ2v) is 17.0. The summed E-state index contributed by atoms with van der Waals surface area (Å²) in [6, 6.07) is 69.9. The first-order chi connectivity index (χ1) is 31.0. The maximum absolute atomic E-state index is 7.16. The summed E-state index contributed by atoms with van der Waals surface area (Å²) in [4.78, 5) is 6.40. The van der Waals surface area contributed by atoms with Crippen LogP contribution in [0.3, 0.4) is 0 Å². The van der Waals surface area contributed by atoms with Gasteiger partial charge in [0.2, 0.25) is 14.6 Å². The molecule has 2 heterocycles. The van der Waals surface area contributed by atoms with Crippen LogP contribution in [0.5, 0.6) is 23.0 Å². The van der Waals surface area contributed by atoms with E-state index in [-0.39, 0.29) is 0 Å². The van der Waals surface area contributed by atoms with Crippen LogP contribution in [0.15, 0.2) is 210 Å². The van der Waals surface area contributed by atoms with E-state index in [2.05, 4.69) is 205 Å². The number of ether oxygens (including phenoxy) is 2. The standard InChI is InChI=1S/C55H40B2N2O2S2/c1-35-54-46(56-52-44(42-26-14-16-28-50(42)62)30-40(32-48(52)60-54)58(36-18-6-2-7-19-36)37-20-8-3-9-21-37)34-47-55(35)61-49-33-41(31-45(53(49)57-47)43-27-15-17-29-51(43)63)59(38-22-10-4-11-23-38)39-24-12-5-13-25-39/h2-34,56-57,62-63H,1H3. The molecule has 4 nitrogen and oxygen atoms in total. The Balaban J connectivity index is 1.06. The van der Waals surface area contributed by atoms with E-state index in [9.17, 15) is 0 Å². The van der Waals surface area contributed by atoms with Crippen molar-refractivity contribution in [2.75, 3.05) is 9.80 Å². The van der Waals surface area contributed by atoms with Crippen LogP contribution in [-0.4, -0.2) is 14.6 Å². The van der Waals surface area contributed by atoms with Gasteiger partial charge in [-0.3, -0.25) is 0 Å². The van der Waals surface area contributed by atoms with Gasteiger partial charge in [0.25, 0.3) is 0 Å². The van der Waals surface area contributed by atoms with Crippen LogP contribution in [0, 0.1) is 6.92 Å². The Morgan fingerprint density at radius 3 is 1.05 bits per heavy atom. The quantitative estimate of drug-likeness (QED) is 0.118. The third-order valence-electron chi connectivity index (χ3n) is 12.1. The first-order valence-corrected chi connectivity index (χ1v) is 22.1. The molecule has 8 heteroatoms. The summed E-state index contributed by atoms with van der Waals surface area (Å²) in [6.45, 7) is 2.13. The lowest BCUT2D eigenvalue weighted by molar-refractivity contribution is 0.460. The van der Waals surface area contributed by atoms with Crippen LogP contribution >= 0.6 is 25.3 Å². The van der Waals surface area contributed by atoms with Crippen molar-refractivity contribution in [1.82, 2.24) is 0 Å². The molecule has 0 unspecified atom stereocenters. The molecule has 0 bridgehead atoms. The second kappa shape index (κ2) is 16.4. The molecule has 0 saturated carbocycles. The highest BCUT2D eigenvalue weighted by Crippen LogP contribution is 2.45. The fourth-order valence-electron chi connectivity index (χ4n) is 9.23. The maximum Gasteiger partial charge on any atom is 0.202 e. The van der Waals surface area contributed by atoms with E-state index < -0.39 is 0 Å². The molecule has 9 aromatic rings. The first-order valence-electron chi connectivity index (χ1n) is 21.2. The molecule has 0 radical (unpaired) electrons. The molecule has 63 heavy (non-hydrogen) atoms. The first kappa shape index (κ1) is 38.9. The lowest BCUT2D eigenvalue weighted by atomic mass is 9.54. The van der Waals surface area contributed by atoms with Gasteiger partial charge >= 0.3 is 0 Å². The van der Waals surface area contributed by atoms with Gasteiger partial charge in [-0.1, -0.05) is 115 Å². The Morgan fingerprint density at radius 2 is 0.698 bits per heavy atom. The van der Waals surface area contributed by atoms with Crippen LogP contribution in [0.1, 0.15) is 5.56 Å². The largest absolute Gasteiger partial charge is 0.458 e. The Morgan fingerprint density at radius 1 is 0.365 bits per heavy atom. The topological polar surface area (TPSA) is 24.9 Å². The third kappa shape index (κ3) is 7.15. The molecule has 11 rings (SSSR count). The number of para-hydroxylation sites is 4. The molecule has 0 atom stereocenters. The van der Waals surface area contributed by atoms with Crippen molar-refractivity contribution in [2.45, 2.75) is 16.7 Å². The molecule has 2 aliphatic rings. The monoisotopic (exact) mass is 846 g/mol. The molecule has 0 aromatic heterocycles. The third-order valence-corrected chi connectivity index (χ3v) is 12.9. The van der Waals surface area contributed by atoms with Crippen molar-refractivity contribution in [3.63, 3.8) is 0 Å². The van der Waals surface area contributed by atoms with Crippen molar-refractivity contribution < 1.29 is 9.47 Å². The molecular weight excluding hydrogens is 806 g/mol.